The number of nitrogens with one attached hydrogen (secondary N) is 2. The van der Waals surface area contributed by atoms with Crippen molar-refractivity contribution in [3.05, 3.63) is 29.8 Å². The normalized spacial score (nSPS) is 16.0. The van der Waals surface area contributed by atoms with E-state index in [1.165, 1.54) is 6.07 Å². The van der Waals surface area contributed by atoms with E-state index in [9.17, 15) is 18.4 Å². The Morgan fingerprint density at radius 1 is 1.22 bits per heavy atom. The van der Waals surface area contributed by atoms with Crippen LogP contribution in [-0.4, -0.2) is 63.2 Å². The number of morpholine rings is 1. The summed E-state index contributed by atoms with van der Waals surface area (Å²) < 4.78 is 31.1. The number of nitrogens with zero attached hydrogens (tertiary/aromatic N) is 1. The van der Waals surface area contributed by atoms with Gasteiger partial charge in [-0.15, -0.1) is 0 Å². The summed E-state index contributed by atoms with van der Waals surface area (Å²) in [4.78, 5) is 26.4. The summed E-state index contributed by atoms with van der Waals surface area (Å²) in [5.41, 5.74) is 0.182. The molecule has 1 unspecified atom stereocenters. The molecule has 23 heavy (non-hydrogen) atoms. The number of anilines is 1. The lowest BCUT2D eigenvalue weighted by Crippen LogP contribution is -3.11. The van der Waals surface area contributed by atoms with Crippen LogP contribution in [0.5, 0.6) is 0 Å². The van der Waals surface area contributed by atoms with Gasteiger partial charge in [-0.05, 0) is 12.1 Å². The number of quaternary nitrogens is 1. The number of likely N-dealkylation sites (N-methyl/N-ethyl adjacent to an activating group) is 1. The van der Waals surface area contributed by atoms with Gasteiger partial charge in [0.2, 0.25) is 0 Å². The van der Waals surface area contributed by atoms with Crippen LogP contribution in [0.15, 0.2) is 18.2 Å². The summed E-state index contributed by atoms with van der Waals surface area (Å²) in [7, 11) is 1.73. The van der Waals surface area contributed by atoms with Gasteiger partial charge in [0.15, 0.2) is 24.7 Å². The van der Waals surface area contributed by atoms with Crippen molar-refractivity contribution in [2.24, 2.45) is 0 Å². The zero-order valence-electron chi connectivity index (χ0n) is 12.9. The molecule has 1 aliphatic heterocycles. The van der Waals surface area contributed by atoms with Gasteiger partial charge in [0.1, 0.15) is 0 Å². The Morgan fingerprint density at radius 2 is 1.91 bits per heavy atom. The van der Waals surface area contributed by atoms with Gasteiger partial charge in [0.05, 0.1) is 20.3 Å². The minimum Gasteiger partial charge on any atom is -0.378 e. The fourth-order valence-corrected chi connectivity index (χ4v) is 2.30. The molecule has 8 heteroatoms. The molecule has 0 aromatic heterocycles. The largest absolute Gasteiger partial charge is 0.378 e. The average Bonchev–Trinajstić information content (AvgIpc) is 2.51. The van der Waals surface area contributed by atoms with E-state index in [0.717, 1.165) is 12.1 Å². The molecule has 0 saturated carbocycles. The highest BCUT2D eigenvalue weighted by molar-refractivity contribution is 5.91. The Hall–Kier alpha value is -2.06. The maximum absolute atomic E-state index is 13.1. The number of amides is 2. The van der Waals surface area contributed by atoms with Crippen LogP contribution in [0.2, 0.25) is 0 Å². The first-order valence-electron chi connectivity index (χ1n) is 7.37. The van der Waals surface area contributed by atoms with E-state index in [-0.39, 0.29) is 30.6 Å². The molecule has 1 saturated heterocycles. The van der Waals surface area contributed by atoms with Gasteiger partial charge in [0.25, 0.3) is 11.8 Å². The maximum atomic E-state index is 13.1. The van der Waals surface area contributed by atoms with Crippen LogP contribution in [0.3, 0.4) is 0 Å². The smallest absolute Gasteiger partial charge is 0.279 e. The van der Waals surface area contributed by atoms with Crippen LogP contribution in [-0.2, 0) is 14.3 Å². The third-order valence-electron chi connectivity index (χ3n) is 3.48. The second kappa shape index (κ2) is 7.98. The van der Waals surface area contributed by atoms with Crippen molar-refractivity contribution >= 4 is 17.5 Å². The van der Waals surface area contributed by atoms with Gasteiger partial charge in [-0.3, -0.25) is 9.59 Å². The summed E-state index contributed by atoms with van der Waals surface area (Å²) in [6, 6.07) is 3.15. The van der Waals surface area contributed by atoms with Crippen molar-refractivity contribution in [1.82, 2.24) is 4.90 Å². The lowest BCUT2D eigenvalue weighted by Gasteiger charge is -2.27. The van der Waals surface area contributed by atoms with E-state index in [4.69, 9.17) is 4.74 Å². The van der Waals surface area contributed by atoms with Crippen LogP contribution in [0.4, 0.5) is 14.5 Å². The van der Waals surface area contributed by atoms with E-state index in [0.29, 0.717) is 31.2 Å². The molecule has 126 valence electrons. The summed E-state index contributed by atoms with van der Waals surface area (Å²) in [5, 5.41) is 2.48. The highest BCUT2D eigenvalue weighted by atomic mass is 19.2. The standard InChI is InChI=1S/C15H19F2N3O3/c1-19(10-15(22)20-4-6-23-7-5-20)9-14(21)18-11-2-3-12(16)13(17)8-11/h2-3,8H,4-7,9-10H2,1H3,(H,18,21)/p+1. The zero-order chi connectivity index (χ0) is 16.8. The van der Waals surface area contributed by atoms with E-state index < -0.39 is 11.6 Å². The number of hydrogen-bond acceptors (Lipinski definition) is 3. The molecule has 0 radical (unpaired) electrons. The molecule has 2 rings (SSSR count). The Kier molecular flexibility index (Phi) is 6.00. The first-order valence-corrected chi connectivity index (χ1v) is 7.37. The minimum atomic E-state index is -1.02. The van der Waals surface area contributed by atoms with Gasteiger partial charge in [-0.1, -0.05) is 0 Å². The van der Waals surface area contributed by atoms with Crippen molar-refractivity contribution in [3.63, 3.8) is 0 Å². The summed E-state index contributed by atoms with van der Waals surface area (Å²) in [5.74, 6) is -2.40. The second-order valence-electron chi connectivity index (χ2n) is 5.48. The van der Waals surface area contributed by atoms with Gasteiger partial charge in [-0.25, -0.2) is 8.78 Å². The number of ether oxygens (including phenoxy) is 1. The highest BCUT2D eigenvalue weighted by Gasteiger charge is 2.21. The number of carbonyl (C=O) groups is 2. The molecule has 0 spiro atoms. The molecule has 0 bridgehead atoms. The molecule has 6 nitrogen and oxygen atoms in total. The number of halogens is 2. The lowest BCUT2D eigenvalue weighted by atomic mass is 10.3. The first-order chi connectivity index (χ1) is 11.0. The summed E-state index contributed by atoms with van der Waals surface area (Å²) >= 11 is 0. The van der Waals surface area contributed by atoms with E-state index in [1.807, 2.05) is 0 Å². The van der Waals surface area contributed by atoms with E-state index in [1.54, 1.807) is 11.9 Å². The molecule has 0 aliphatic carbocycles. The molecule has 2 amide bonds. The van der Waals surface area contributed by atoms with E-state index in [2.05, 4.69) is 5.32 Å². The Balaban J connectivity index is 1.79. The molecule has 1 fully saturated rings. The quantitative estimate of drug-likeness (QED) is 0.750. The predicted molar refractivity (Wildman–Crippen MR) is 79.0 cm³/mol. The fourth-order valence-electron chi connectivity index (χ4n) is 2.30. The molecule has 1 atom stereocenters. The van der Waals surface area contributed by atoms with E-state index >= 15 is 0 Å². The Morgan fingerprint density at radius 3 is 2.57 bits per heavy atom. The van der Waals surface area contributed by atoms with Crippen LogP contribution in [0.1, 0.15) is 0 Å². The molecular formula is C15H20F2N3O3+. The predicted octanol–water partition coefficient (Wildman–Crippen LogP) is -0.723. The molecule has 1 aliphatic rings. The Bertz CT molecular complexity index is 577. The molecule has 1 heterocycles. The van der Waals surface area contributed by atoms with Crippen molar-refractivity contribution in [2.75, 3.05) is 51.8 Å². The second-order valence-corrected chi connectivity index (χ2v) is 5.48. The average molecular weight is 328 g/mol. The van der Waals surface area contributed by atoms with Crippen LogP contribution < -0.4 is 10.2 Å². The van der Waals surface area contributed by atoms with Crippen molar-refractivity contribution in [2.45, 2.75) is 0 Å². The van der Waals surface area contributed by atoms with Gasteiger partial charge in [-0.2, -0.15) is 0 Å². The fraction of sp³-hybridized carbons (Fsp3) is 0.467. The third kappa shape index (κ3) is 5.26. The van der Waals surface area contributed by atoms with Crippen LogP contribution >= 0.6 is 0 Å². The molecule has 1 aromatic carbocycles. The number of benzene rings is 1. The zero-order valence-corrected chi connectivity index (χ0v) is 12.9. The molecular weight excluding hydrogens is 308 g/mol. The number of rotatable bonds is 5. The maximum Gasteiger partial charge on any atom is 0.279 e. The summed E-state index contributed by atoms with van der Waals surface area (Å²) in [6.45, 7) is 2.42. The molecule has 2 N–H and O–H groups in total. The SMILES string of the molecule is C[NH+](CC(=O)Nc1ccc(F)c(F)c1)CC(=O)N1CCOCC1. The topological polar surface area (TPSA) is 63.1 Å². The minimum absolute atomic E-state index is 0.0357. The van der Waals surface area contributed by atoms with Crippen molar-refractivity contribution in [1.29, 1.82) is 0 Å². The van der Waals surface area contributed by atoms with Crippen LogP contribution in [0, 0.1) is 11.6 Å². The monoisotopic (exact) mass is 328 g/mol. The summed E-state index contributed by atoms with van der Waals surface area (Å²) in [6.07, 6.45) is 0. The van der Waals surface area contributed by atoms with Crippen LogP contribution in [0.25, 0.3) is 0 Å². The number of hydrogen-bond donors (Lipinski definition) is 2. The number of carbonyl (C=O) groups excluding carboxylic acids is 2. The lowest BCUT2D eigenvalue weighted by molar-refractivity contribution is -0.862. The molecule has 1 aromatic rings. The first kappa shape index (κ1) is 17.3. The third-order valence-corrected chi connectivity index (χ3v) is 3.48. The van der Waals surface area contributed by atoms with Gasteiger partial charge >= 0.3 is 0 Å². The van der Waals surface area contributed by atoms with Gasteiger partial charge in [0, 0.05) is 24.8 Å². The highest BCUT2D eigenvalue weighted by Crippen LogP contribution is 2.12. The Labute approximate surface area is 133 Å². The van der Waals surface area contributed by atoms with Crippen molar-refractivity contribution < 1.29 is 28.0 Å². The van der Waals surface area contributed by atoms with Gasteiger partial charge < -0.3 is 19.9 Å². The van der Waals surface area contributed by atoms with Crippen molar-refractivity contribution in [3.8, 4) is 0 Å².